The summed E-state index contributed by atoms with van der Waals surface area (Å²) in [5.41, 5.74) is 4.89. The quantitative estimate of drug-likeness (QED) is 0.291. The number of carbonyl (C=O) groups is 1. The van der Waals surface area contributed by atoms with E-state index in [1.54, 1.807) is 13.0 Å². The molecule has 0 aliphatic carbocycles. The first-order valence-corrected chi connectivity index (χ1v) is 11.8. The number of hydrogen-bond donors (Lipinski definition) is 2. The minimum Gasteiger partial charge on any atom is -0.462 e. The highest BCUT2D eigenvalue weighted by molar-refractivity contribution is 6.05. The van der Waals surface area contributed by atoms with E-state index in [9.17, 15) is 9.59 Å². The van der Waals surface area contributed by atoms with E-state index in [0.717, 1.165) is 16.7 Å². The van der Waals surface area contributed by atoms with Crippen molar-refractivity contribution in [1.29, 1.82) is 0 Å². The van der Waals surface area contributed by atoms with Gasteiger partial charge in [0.1, 0.15) is 11.3 Å². The number of nitrogens with zero attached hydrogens (tertiary/aromatic N) is 3. The van der Waals surface area contributed by atoms with E-state index in [2.05, 4.69) is 25.7 Å². The zero-order valence-corrected chi connectivity index (χ0v) is 20.0. The van der Waals surface area contributed by atoms with Crippen LogP contribution >= 0.6 is 0 Å². The molecule has 5 aromatic rings. The van der Waals surface area contributed by atoms with Crippen LogP contribution in [0.3, 0.4) is 0 Å². The van der Waals surface area contributed by atoms with Crippen molar-refractivity contribution in [2.24, 2.45) is 0 Å². The van der Waals surface area contributed by atoms with Crippen LogP contribution in [0.1, 0.15) is 17.3 Å². The van der Waals surface area contributed by atoms with Crippen molar-refractivity contribution in [3.63, 3.8) is 0 Å². The molecule has 0 radical (unpaired) electrons. The van der Waals surface area contributed by atoms with Gasteiger partial charge in [0.25, 0.3) is 5.56 Å². The van der Waals surface area contributed by atoms with Crippen LogP contribution in [0.25, 0.3) is 33.6 Å². The Kier molecular flexibility index (Phi) is 6.80. The molecule has 5 rings (SSSR count). The number of benzene rings is 3. The molecule has 0 spiro atoms. The molecule has 2 aromatic heterocycles. The fraction of sp³-hybridized carbons (Fsp3) is 0.0690. The summed E-state index contributed by atoms with van der Waals surface area (Å²) in [6.45, 7) is 1.98. The molecule has 0 aliphatic rings. The second-order valence-corrected chi connectivity index (χ2v) is 8.11. The molecule has 0 aliphatic heterocycles. The maximum atomic E-state index is 13.4. The summed E-state index contributed by atoms with van der Waals surface area (Å²) in [4.78, 5) is 24.8. The van der Waals surface area contributed by atoms with Crippen molar-refractivity contribution >= 4 is 17.5 Å². The lowest BCUT2D eigenvalue weighted by Crippen LogP contribution is -2.13. The van der Waals surface area contributed by atoms with E-state index in [1.807, 2.05) is 84.9 Å². The molecule has 2 heterocycles. The zero-order valence-electron chi connectivity index (χ0n) is 20.0. The first-order valence-electron chi connectivity index (χ1n) is 11.8. The normalized spacial score (nSPS) is 10.6. The van der Waals surface area contributed by atoms with E-state index < -0.39 is 5.97 Å². The Bertz CT molecular complexity index is 1580. The summed E-state index contributed by atoms with van der Waals surface area (Å²) < 4.78 is 5.47. The van der Waals surface area contributed by atoms with Crippen LogP contribution in [-0.2, 0) is 4.74 Å². The van der Waals surface area contributed by atoms with Gasteiger partial charge < -0.3 is 10.1 Å². The maximum absolute atomic E-state index is 13.4. The largest absolute Gasteiger partial charge is 0.462 e. The molecule has 0 amide bonds. The molecule has 37 heavy (non-hydrogen) atoms. The van der Waals surface area contributed by atoms with E-state index in [1.165, 1.54) is 6.07 Å². The van der Waals surface area contributed by atoms with E-state index in [4.69, 9.17) is 4.74 Å². The van der Waals surface area contributed by atoms with Crippen LogP contribution in [0.4, 0.5) is 11.5 Å². The van der Waals surface area contributed by atoms with E-state index in [-0.39, 0.29) is 23.5 Å². The number of carbonyl (C=O) groups excluding carboxylic acids is 1. The fourth-order valence-corrected chi connectivity index (χ4v) is 4.01. The highest BCUT2D eigenvalue weighted by Gasteiger charge is 2.25. The highest BCUT2D eigenvalue weighted by atomic mass is 16.5. The van der Waals surface area contributed by atoms with Gasteiger partial charge in [0.2, 0.25) is 0 Å². The Balaban J connectivity index is 1.66. The predicted molar refractivity (Wildman–Crippen MR) is 142 cm³/mol. The third-order valence-electron chi connectivity index (χ3n) is 5.66. The standard InChI is InChI=1S/C29H23N5O3/c1-2-37-29(36)26-25(19-10-5-3-6-11-19)27(20-12-7-4-8-13-20)33-34-28(26)30-22-15-9-14-21(18-22)23-16-17-24(35)32-31-23/h3-18H,2H2,1H3,(H,30,34)(H,32,35). The van der Waals surface area contributed by atoms with Crippen molar-refractivity contribution in [2.45, 2.75) is 6.92 Å². The number of aromatic nitrogens is 4. The molecule has 0 unspecified atom stereocenters. The minimum absolute atomic E-state index is 0.211. The SMILES string of the molecule is CCOC(=O)c1c(Nc2cccc(-c3ccc(=O)[nH]n3)c2)nnc(-c2ccccc2)c1-c1ccccc1. The van der Waals surface area contributed by atoms with Crippen molar-refractivity contribution < 1.29 is 9.53 Å². The summed E-state index contributed by atoms with van der Waals surface area (Å²) in [6.07, 6.45) is 0. The average Bonchev–Trinajstić information content (AvgIpc) is 2.94. The number of nitrogens with one attached hydrogen (secondary N) is 2. The lowest BCUT2D eigenvalue weighted by Gasteiger charge is -2.17. The molecular formula is C29H23N5O3. The van der Waals surface area contributed by atoms with Crippen molar-refractivity contribution in [3.05, 3.63) is 113 Å². The monoisotopic (exact) mass is 489 g/mol. The van der Waals surface area contributed by atoms with Crippen LogP contribution in [0.15, 0.2) is 102 Å². The zero-order chi connectivity index (χ0) is 25.6. The molecule has 8 heteroatoms. The summed E-state index contributed by atoms with van der Waals surface area (Å²) in [6, 6.07) is 29.7. The molecular weight excluding hydrogens is 466 g/mol. The van der Waals surface area contributed by atoms with E-state index in [0.29, 0.717) is 22.6 Å². The second kappa shape index (κ2) is 10.7. The van der Waals surface area contributed by atoms with Gasteiger partial charge in [-0.15, -0.1) is 10.2 Å². The number of aromatic amines is 1. The van der Waals surface area contributed by atoms with Crippen molar-refractivity contribution in [2.75, 3.05) is 11.9 Å². The summed E-state index contributed by atoms with van der Waals surface area (Å²) in [7, 11) is 0. The van der Waals surface area contributed by atoms with Crippen molar-refractivity contribution in [1.82, 2.24) is 20.4 Å². The number of hydrogen-bond acceptors (Lipinski definition) is 7. The van der Waals surface area contributed by atoms with Crippen LogP contribution in [0.2, 0.25) is 0 Å². The number of esters is 1. The first-order chi connectivity index (χ1) is 18.1. The molecule has 3 aromatic carbocycles. The topological polar surface area (TPSA) is 110 Å². The number of H-pyrrole nitrogens is 1. The van der Waals surface area contributed by atoms with E-state index >= 15 is 0 Å². The van der Waals surface area contributed by atoms with Gasteiger partial charge in [-0.05, 0) is 30.7 Å². The van der Waals surface area contributed by atoms with Crippen LogP contribution in [0, 0.1) is 0 Å². The Morgan fingerprint density at radius 2 is 1.54 bits per heavy atom. The molecule has 0 atom stereocenters. The number of rotatable bonds is 7. The Hall–Kier alpha value is -5.11. The van der Waals surface area contributed by atoms with Gasteiger partial charge in [0.05, 0.1) is 12.3 Å². The van der Waals surface area contributed by atoms with Gasteiger partial charge in [-0.1, -0.05) is 72.8 Å². The van der Waals surface area contributed by atoms with Gasteiger partial charge in [-0.3, -0.25) is 4.79 Å². The number of anilines is 2. The third-order valence-corrected chi connectivity index (χ3v) is 5.66. The molecule has 182 valence electrons. The lowest BCUT2D eigenvalue weighted by molar-refractivity contribution is 0.0528. The van der Waals surface area contributed by atoms with Gasteiger partial charge in [0.15, 0.2) is 5.82 Å². The third kappa shape index (κ3) is 5.13. The Morgan fingerprint density at radius 3 is 2.22 bits per heavy atom. The average molecular weight is 490 g/mol. The summed E-state index contributed by atoms with van der Waals surface area (Å²) >= 11 is 0. The molecule has 0 saturated heterocycles. The Labute approximate surface area is 213 Å². The predicted octanol–water partition coefficient (Wildman–Crippen LogP) is 5.48. The smallest absolute Gasteiger partial charge is 0.342 e. The molecule has 0 bridgehead atoms. The highest BCUT2D eigenvalue weighted by Crippen LogP contribution is 2.37. The molecule has 8 nitrogen and oxygen atoms in total. The number of ether oxygens (including phenoxy) is 1. The van der Waals surface area contributed by atoms with Crippen LogP contribution in [-0.4, -0.2) is 33.0 Å². The van der Waals surface area contributed by atoms with Gasteiger partial charge in [-0.2, -0.15) is 5.10 Å². The molecule has 0 saturated carbocycles. The molecule has 0 fully saturated rings. The van der Waals surface area contributed by atoms with Gasteiger partial charge in [-0.25, -0.2) is 9.89 Å². The van der Waals surface area contributed by atoms with Gasteiger partial charge >= 0.3 is 5.97 Å². The van der Waals surface area contributed by atoms with Gasteiger partial charge in [0, 0.05) is 28.4 Å². The Morgan fingerprint density at radius 1 is 0.838 bits per heavy atom. The minimum atomic E-state index is -0.505. The van der Waals surface area contributed by atoms with Crippen molar-refractivity contribution in [3.8, 4) is 33.6 Å². The first kappa shape index (κ1) is 23.6. The van der Waals surface area contributed by atoms with Crippen LogP contribution < -0.4 is 10.9 Å². The second-order valence-electron chi connectivity index (χ2n) is 8.11. The summed E-state index contributed by atoms with van der Waals surface area (Å²) in [5, 5.41) is 18.8. The fourth-order valence-electron chi connectivity index (χ4n) is 4.01. The molecule has 2 N–H and O–H groups in total. The maximum Gasteiger partial charge on any atom is 0.342 e. The summed E-state index contributed by atoms with van der Waals surface area (Å²) in [5.74, 6) is -0.238. The lowest BCUT2D eigenvalue weighted by atomic mass is 9.95. The van der Waals surface area contributed by atoms with Crippen LogP contribution in [0.5, 0.6) is 0 Å².